The Bertz CT molecular complexity index is 623. The molecule has 0 aliphatic carbocycles. The van der Waals surface area contributed by atoms with E-state index in [2.05, 4.69) is 16.8 Å². The summed E-state index contributed by atoms with van der Waals surface area (Å²) in [7, 11) is 3.89. The fourth-order valence-electron chi connectivity index (χ4n) is 2.82. The second-order valence-corrected chi connectivity index (χ2v) is 6.21. The molecule has 0 amide bonds. The van der Waals surface area contributed by atoms with Crippen LogP contribution < -0.4 is 4.90 Å². The molecule has 1 aromatic carbocycles. The van der Waals surface area contributed by atoms with Gasteiger partial charge in [-0.25, -0.2) is 0 Å². The molecule has 2 rings (SSSR count). The summed E-state index contributed by atoms with van der Waals surface area (Å²) in [6.45, 7) is 4.86. The third-order valence-electron chi connectivity index (χ3n) is 4.29. The predicted octanol–water partition coefficient (Wildman–Crippen LogP) is 0.511. The van der Waals surface area contributed by atoms with Gasteiger partial charge in [0.1, 0.15) is 11.6 Å². The van der Waals surface area contributed by atoms with Crippen molar-refractivity contribution in [3.63, 3.8) is 0 Å². The molecule has 1 aromatic rings. The smallest absolute Gasteiger partial charge is 0.287 e. The number of nitro groups is 1. The van der Waals surface area contributed by atoms with Gasteiger partial charge in [-0.1, -0.05) is 0 Å². The summed E-state index contributed by atoms with van der Waals surface area (Å²) in [6, 6.07) is 6.27. The van der Waals surface area contributed by atoms with Crippen molar-refractivity contribution in [1.82, 2.24) is 9.80 Å². The van der Waals surface area contributed by atoms with E-state index in [1.807, 2.05) is 11.0 Å². The highest BCUT2D eigenvalue weighted by molar-refractivity contribution is 5.59. The Hall–Kier alpha value is -2.21. The van der Waals surface area contributed by atoms with Crippen LogP contribution in [0.5, 0.6) is 0 Å². The molecule has 8 heteroatoms. The fourth-order valence-corrected chi connectivity index (χ4v) is 2.82. The molecule has 1 N–H and O–H groups in total. The van der Waals surface area contributed by atoms with Gasteiger partial charge in [-0.2, -0.15) is 5.26 Å². The van der Waals surface area contributed by atoms with Crippen LogP contribution in [0.1, 0.15) is 5.56 Å². The summed E-state index contributed by atoms with van der Waals surface area (Å²) in [5.41, 5.74) is 0.500. The van der Waals surface area contributed by atoms with Gasteiger partial charge >= 0.3 is 0 Å². The van der Waals surface area contributed by atoms with Crippen LogP contribution in [0.25, 0.3) is 0 Å². The molecule has 0 saturated carbocycles. The summed E-state index contributed by atoms with van der Waals surface area (Å²) in [5.74, 6) is 0. The van der Waals surface area contributed by atoms with Crippen LogP contribution in [-0.4, -0.2) is 79.3 Å². The first kappa shape index (κ1) is 18.1. The number of hydrogen-bond acceptors (Lipinski definition) is 7. The van der Waals surface area contributed by atoms with Crippen LogP contribution >= 0.6 is 0 Å². The van der Waals surface area contributed by atoms with Gasteiger partial charge in [0.25, 0.3) is 5.69 Å². The number of nitriles is 1. The fraction of sp³-hybridized carbons (Fsp3) is 0.562. The molecule has 1 saturated heterocycles. The molecule has 0 spiro atoms. The van der Waals surface area contributed by atoms with Crippen molar-refractivity contribution in [2.24, 2.45) is 0 Å². The maximum Gasteiger partial charge on any atom is 0.287 e. The first-order valence-electron chi connectivity index (χ1n) is 7.89. The zero-order valence-corrected chi connectivity index (χ0v) is 14.1. The minimum atomic E-state index is -0.565. The normalized spacial score (nSPS) is 17.2. The molecule has 1 atom stereocenters. The van der Waals surface area contributed by atoms with Crippen LogP contribution in [0.2, 0.25) is 0 Å². The molecule has 0 unspecified atom stereocenters. The number of hydrogen-bond donors (Lipinski definition) is 1. The molecule has 130 valence electrons. The van der Waals surface area contributed by atoms with Crippen molar-refractivity contribution < 1.29 is 10.0 Å². The van der Waals surface area contributed by atoms with E-state index in [4.69, 9.17) is 5.26 Å². The zero-order valence-electron chi connectivity index (χ0n) is 14.1. The van der Waals surface area contributed by atoms with Gasteiger partial charge in [-0.15, -0.1) is 0 Å². The van der Waals surface area contributed by atoms with Gasteiger partial charge in [0.05, 0.1) is 11.0 Å². The molecule has 0 bridgehead atoms. The molecular formula is C16H23N5O3. The molecule has 1 aliphatic rings. The Morgan fingerprint density at radius 1 is 1.42 bits per heavy atom. The van der Waals surface area contributed by atoms with Gasteiger partial charge in [0.15, 0.2) is 0 Å². The van der Waals surface area contributed by atoms with Crippen LogP contribution in [-0.2, 0) is 0 Å². The number of aliphatic hydroxyl groups is 1. The van der Waals surface area contributed by atoms with Crippen molar-refractivity contribution in [3.05, 3.63) is 33.9 Å². The Labute approximate surface area is 141 Å². The molecular weight excluding hydrogens is 310 g/mol. The van der Waals surface area contributed by atoms with E-state index in [0.29, 0.717) is 18.8 Å². The monoisotopic (exact) mass is 333 g/mol. The third-order valence-corrected chi connectivity index (χ3v) is 4.29. The Balaban J connectivity index is 1.95. The number of piperazine rings is 1. The Morgan fingerprint density at radius 2 is 2.08 bits per heavy atom. The highest BCUT2D eigenvalue weighted by atomic mass is 16.6. The van der Waals surface area contributed by atoms with Gasteiger partial charge in [0.2, 0.25) is 0 Å². The van der Waals surface area contributed by atoms with Crippen molar-refractivity contribution in [2.75, 3.05) is 58.3 Å². The summed E-state index contributed by atoms with van der Waals surface area (Å²) >= 11 is 0. The van der Waals surface area contributed by atoms with Gasteiger partial charge in [0, 0.05) is 58.1 Å². The first-order chi connectivity index (χ1) is 11.4. The number of benzene rings is 1. The van der Waals surface area contributed by atoms with E-state index in [1.54, 1.807) is 13.1 Å². The Morgan fingerprint density at radius 3 is 2.67 bits per heavy atom. The van der Waals surface area contributed by atoms with Crippen molar-refractivity contribution in [3.8, 4) is 6.07 Å². The largest absolute Gasteiger partial charge is 0.390 e. The molecule has 0 radical (unpaired) electrons. The zero-order chi connectivity index (χ0) is 17.7. The van der Waals surface area contributed by atoms with E-state index < -0.39 is 11.0 Å². The van der Waals surface area contributed by atoms with E-state index >= 15 is 0 Å². The molecule has 1 fully saturated rings. The van der Waals surface area contributed by atoms with E-state index in [9.17, 15) is 15.2 Å². The average molecular weight is 333 g/mol. The maximum atomic E-state index is 10.9. The average Bonchev–Trinajstić information content (AvgIpc) is 2.56. The summed E-state index contributed by atoms with van der Waals surface area (Å²) in [4.78, 5) is 16.6. The van der Waals surface area contributed by atoms with Gasteiger partial charge in [-0.3, -0.25) is 15.0 Å². The third kappa shape index (κ3) is 4.64. The maximum absolute atomic E-state index is 10.9. The minimum Gasteiger partial charge on any atom is -0.390 e. The summed E-state index contributed by atoms with van der Waals surface area (Å²) in [5, 5.41) is 30.2. The van der Waals surface area contributed by atoms with E-state index in [-0.39, 0.29) is 11.3 Å². The topological polar surface area (TPSA) is 96.9 Å². The number of rotatable bonds is 6. The molecule has 0 aromatic heterocycles. The SMILES string of the molecule is CN1CCN(C[C@@H](O)CN(C)c2ccc([N+](=O)[O-])c(C#N)c2)CC1. The van der Waals surface area contributed by atoms with E-state index in [0.717, 1.165) is 26.2 Å². The number of nitrogens with zero attached hydrogens (tertiary/aromatic N) is 5. The number of nitro benzene ring substituents is 1. The Kier molecular flexibility index (Phi) is 6.09. The standard InChI is InChI=1S/C16H23N5O3/c1-18-5-7-20(8-6-18)12-15(22)11-19(2)14-3-4-16(21(23)24)13(9-14)10-17/h3-4,9,15,22H,5-8,11-12H2,1-2H3/t15-/m0/s1. The lowest BCUT2D eigenvalue weighted by molar-refractivity contribution is -0.385. The predicted molar refractivity (Wildman–Crippen MR) is 91.0 cm³/mol. The summed E-state index contributed by atoms with van der Waals surface area (Å²) < 4.78 is 0. The number of anilines is 1. The minimum absolute atomic E-state index is 0.0258. The molecule has 1 aliphatic heterocycles. The quantitative estimate of drug-likeness (QED) is 0.598. The summed E-state index contributed by atoms with van der Waals surface area (Å²) in [6.07, 6.45) is -0.529. The van der Waals surface area contributed by atoms with Crippen LogP contribution in [0, 0.1) is 21.4 Å². The second-order valence-electron chi connectivity index (χ2n) is 6.21. The molecule has 1 heterocycles. The van der Waals surface area contributed by atoms with Crippen molar-refractivity contribution in [1.29, 1.82) is 5.26 Å². The van der Waals surface area contributed by atoms with Gasteiger partial charge < -0.3 is 14.9 Å². The van der Waals surface area contributed by atoms with Crippen molar-refractivity contribution in [2.45, 2.75) is 6.10 Å². The first-order valence-corrected chi connectivity index (χ1v) is 7.89. The van der Waals surface area contributed by atoms with Crippen molar-refractivity contribution >= 4 is 11.4 Å². The lowest BCUT2D eigenvalue weighted by Gasteiger charge is -2.34. The highest BCUT2D eigenvalue weighted by Gasteiger charge is 2.19. The van der Waals surface area contributed by atoms with Crippen LogP contribution in [0.15, 0.2) is 18.2 Å². The lowest BCUT2D eigenvalue weighted by atomic mass is 10.1. The number of likely N-dealkylation sites (N-methyl/N-ethyl adjacent to an activating group) is 2. The lowest BCUT2D eigenvalue weighted by Crippen LogP contribution is -2.48. The highest BCUT2D eigenvalue weighted by Crippen LogP contribution is 2.24. The van der Waals surface area contributed by atoms with E-state index in [1.165, 1.54) is 12.1 Å². The van der Waals surface area contributed by atoms with Crippen LogP contribution in [0.4, 0.5) is 11.4 Å². The molecule has 24 heavy (non-hydrogen) atoms. The van der Waals surface area contributed by atoms with Gasteiger partial charge in [-0.05, 0) is 19.2 Å². The molecule has 8 nitrogen and oxygen atoms in total. The van der Waals surface area contributed by atoms with Crippen LogP contribution in [0.3, 0.4) is 0 Å². The number of aliphatic hydroxyl groups excluding tert-OH is 1. The number of β-amino-alcohol motifs (C(OH)–C–C–N with tert-alkyl or cyclic N) is 1. The second kappa shape index (κ2) is 8.06.